The van der Waals surface area contributed by atoms with Crippen LogP contribution in [0, 0.1) is 0 Å². The molecule has 1 atom stereocenters. The zero-order chi connectivity index (χ0) is 13.2. The van der Waals surface area contributed by atoms with Gasteiger partial charge >= 0.3 is 0 Å². The molecule has 0 radical (unpaired) electrons. The van der Waals surface area contributed by atoms with Crippen molar-refractivity contribution in [1.82, 2.24) is 4.90 Å². The Labute approximate surface area is 123 Å². The van der Waals surface area contributed by atoms with Gasteiger partial charge in [-0.25, -0.2) is 0 Å². The van der Waals surface area contributed by atoms with Gasteiger partial charge in [-0.2, -0.15) is 11.8 Å². The number of halogens is 1. The second kappa shape index (κ2) is 6.14. The lowest BCUT2D eigenvalue weighted by Crippen LogP contribution is -2.35. The molecular formula is C13H21ClN2S2. The maximum atomic E-state index is 6.03. The number of hydrogen-bond acceptors (Lipinski definition) is 4. The van der Waals surface area contributed by atoms with E-state index in [0.29, 0.717) is 17.3 Å². The monoisotopic (exact) mass is 304 g/mol. The highest BCUT2D eigenvalue weighted by atomic mass is 35.5. The second-order valence-corrected chi connectivity index (χ2v) is 8.84. The average molecular weight is 305 g/mol. The Hall–Kier alpha value is 0.260. The highest BCUT2D eigenvalue weighted by Crippen LogP contribution is 2.35. The number of thioether (sulfide) groups is 1. The first kappa shape index (κ1) is 14.7. The maximum absolute atomic E-state index is 6.03. The third-order valence-electron chi connectivity index (χ3n) is 3.46. The lowest BCUT2D eigenvalue weighted by Gasteiger charge is -2.29. The molecule has 1 aliphatic rings. The van der Waals surface area contributed by atoms with Crippen molar-refractivity contribution in [2.75, 3.05) is 25.4 Å². The molecule has 0 amide bonds. The van der Waals surface area contributed by atoms with Gasteiger partial charge in [-0.05, 0) is 18.6 Å². The molecule has 0 spiro atoms. The van der Waals surface area contributed by atoms with Crippen LogP contribution in [0.4, 0.5) is 0 Å². The molecule has 5 heteroatoms. The van der Waals surface area contributed by atoms with E-state index in [1.54, 1.807) is 11.3 Å². The first-order valence-electron chi connectivity index (χ1n) is 6.35. The molecule has 2 N–H and O–H groups in total. The number of thiophene rings is 1. The summed E-state index contributed by atoms with van der Waals surface area (Å²) in [4.78, 5) is 3.82. The summed E-state index contributed by atoms with van der Waals surface area (Å²) >= 11 is 9.76. The standard InChI is InChI=1S/C13H21ClN2S2/c1-13(2)5-6-16(7-8-17-13)10(9-15)11-3-4-12(14)18-11/h3-4,10H,5-9,15H2,1-2H3. The fourth-order valence-corrected chi connectivity index (χ4v) is 4.62. The predicted octanol–water partition coefficient (Wildman–Crippen LogP) is 3.62. The van der Waals surface area contributed by atoms with Crippen LogP contribution in [0.3, 0.4) is 0 Å². The van der Waals surface area contributed by atoms with Crippen LogP contribution in [-0.2, 0) is 0 Å². The lowest BCUT2D eigenvalue weighted by atomic mass is 10.1. The topological polar surface area (TPSA) is 29.3 Å². The zero-order valence-corrected chi connectivity index (χ0v) is 13.4. The van der Waals surface area contributed by atoms with E-state index in [4.69, 9.17) is 17.3 Å². The van der Waals surface area contributed by atoms with Crippen LogP contribution >= 0.6 is 34.7 Å². The van der Waals surface area contributed by atoms with Gasteiger partial charge in [-0.1, -0.05) is 25.4 Å². The minimum Gasteiger partial charge on any atom is -0.329 e. The van der Waals surface area contributed by atoms with Gasteiger partial charge in [0.1, 0.15) is 0 Å². The van der Waals surface area contributed by atoms with Gasteiger partial charge in [0.15, 0.2) is 0 Å². The fraction of sp³-hybridized carbons (Fsp3) is 0.692. The summed E-state index contributed by atoms with van der Waals surface area (Å²) in [7, 11) is 0. The highest BCUT2D eigenvalue weighted by Gasteiger charge is 2.28. The van der Waals surface area contributed by atoms with E-state index in [0.717, 1.165) is 17.4 Å². The Kier molecular flexibility index (Phi) is 5.00. The highest BCUT2D eigenvalue weighted by molar-refractivity contribution is 8.00. The van der Waals surface area contributed by atoms with Crippen LogP contribution in [-0.4, -0.2) is 35.0 Å². The van der Waals surface area contributed by atoms with Gasteiger partial charge in [0.05, 0.1) is 10.4 Å². The molecule has 1 aliphatic heterocycles. The molecule has 2 rings (SSSR count). The predicted molar refractivity (Wildman–Crippen MR) is 83.9 cm³/mol. The summed E-state index contributed by atoms with van der Waals surface area (Å²) in [5.74, 6) is 1.18. The Morgan fingerprint density at radius 1 is 1.44 bits per heavy atom. The molecule has 1 unspecified atom stereocenters. The van der Waals surface area contributed by atoms with E-state index < -0.39 is 0 Å². The van der Waals surface area contributed by atoms with Crippen molar-refractivity contribution in [3.63, 3.8) is 0 Å². The van der Waals surface area contributed by atoms with Crippen molar-refractivity contribution in [3.8, 4) is 0 Å². The van der Waals surface area contributed by atoms with E-state index in [1.807, 2.05) is 6.07 Å². The van der Waals surface area contributed by atoms with Crippen molar-refractivity contribution >= 4 is 34.7 Å². The summed E-state index contributed by atoms with van der Waals surface area (Å²) in [5, 5.41) is 0. The number of nitrogens with two attached hydrogens (primary N) is 1. The Bertz CT molecular complexity index is 392. The quantitative estimate of drug-likeness (QED) is 0.925. The van der Waals surface area contributed by atoms with Crippen molar-refractivity contribution in [2.45, 2.75) is 31.1 Å². The molecule has 1 saturated heterocycles. The minimum atomic E-state index is 0.331. The van der Waals surface area contributed by atoms with Crippen molar-refractivity contribution in [1.29, 1.82) is 0 Å². The number of rotatable bonds is 3. The van der Waals surface area contributed by atoms with E-state index >= 15 is 0 Å². The summed E-state index contributed by atoms with van der Waals surface area (Å²) in [6.45, 7) is 7.58. The van der Waals surface area contributed by atoms with Crippen LogP contribution in [0.1, 0.15) is 31.2 Å². The van der Waals surface area contributed by atoms with Gasteiger partial charge in [-0.15, -0.1) is 11.3 Å². The molecule has 1 fully saturated rings. The molecule has 102 valence electrons. The van der Waals surface area contributed by atoms with E-state index in [-0.39, 0.29) is 0 Å². The zero-order valence-electron chi connectivity index (χ0n) is 11.0. The van der Waals surface area contributed by atoms with Crippen LogP contribution in [0.25, 0.3) is 0 Å². The SMILES string of the molecule is CC1(C)CCN(C(CN)c2ccc(Cl)s2)CCS1. The molecule has 2 nitrogen and oxygen atoms in total. The van der Waals surface area contributed by atoms with Gasteiger partial charge in [0.25, 0.3) is 0 Å². The first-order chi connectivity index (χ1) is 8.52. The van der Waals surface area contributed by atoms with Gasteiger partial charge in [0, 0.05) is 35.0 Å². The van der Waals surface area contributed by atoms with Gasteiger partial charge in [-0.3, -0.25) is 4.90 Å². The molecule has 0 saturated carbocycles. The Morgan fingerprint density at radius 2 is 2.22 bits per heavy atom. The van der Waals surface area contributed by atoms with Gasteiger partial charge in [0.2, 0.25) is 0 Å². The van der Waals surface area contributed by atoms with E-state index in [9.17, 15) is 0 Å². The minimum absolute atomic E-state index is 0.331. The largest absolute Gasteiger partial charge is 0.329 e. The summed E-state index contributed by atoms with van der Waals surface area (Å²) in [6, 6.07) is 4.42. The normalized spacial score (nSPS) is 22.7. The molecule has 2 heterocycles. The smallest absolute Gasteiger partial charge is 0.0931 e. The van der Waals surface area contributed by atoms with Crippen LogP contribution in [0.15, 0.2) is 12.1 Å². The van der Waals surface area contributed by atoms with Crippen molar-refractivity contribution < 1.29 is 0 Å². The lowest BCUT2D eigenvalue weighted by molar-refractivity contribution is 0.213. The molecule has 18 heavy (non-hydrogen) atoms. The number of nitrogens with zero attached hydrogens (tertiary/aromatic N) is 1. The first-order valence-corrected chi connectivity index (χ1v) is 8.53. The third-order valence-corrected chi connectivity index (χ3v) is 6.16. The summed E-state index contributed by atoms with van der Waals surface area (Å²) in [6.07, 6.45) is 1.22. The summed E-state index contributed by atoms with van der Waals surface area (Å²) in [5.41, 5.74) is 5.98. The third kappa shape index (κ3) is 3.64. The van der Waals surface area contributed by atoms with Crippen molar-refractivity contribution in [2.24, 2.45) is 5.73 Å². The van der Waals surface area contributed by atoms with Crippen LogP contribution < -0.4 is 5.73 Å². The number of hydrogen-bond donors (Lipinski definition) is 1. The molecule has 0 bridgehead atoms. The molecule has 1 aromatic rings. The van der Waals surface area contributed by atoms with Crippen LogP contribution in [0.5, 0.6) is 0 Å². The fourth-order valence-electron chi connectivity index (χ4n) is 2.30. The molecule has 0 aromatic carbocycles. The second-order valence-electron chi connectivity index (χ2n) is 5.29. The van der Waals surface area contributed by atoms with Crippen molar-refractivity contribution in [3.05, 3.63) is 21.3 Å². The van der Waals surface area contributed by atoms with Gasteiger partial charge < -0.3 is 5.73 Å². The molecule has 0 aliphatic carbocycles. The Morgan fingerprint density at radius 3 is 2.83 bits per heavy atom. The Balaban J connectivity index is 2.08. The van der Waals surface area contributed by atoms with E-state index in [2.05, 4.69) is 36.6 Å². The maximum Gasteiger partial charge on any atom is 0.0931 e. The summed E-state index contributed by atoms with van der Waals surface area (Å²) < 4.78 is 1.24. The molecular weight excluding hydrogens is 284 g/mol. The van der Waals surface area contributed by atoms with E-state index in [1.165, 1.54) is 17.1 Å². The molecule has 1 aromatic heterocycles. The van der Waals surface area contributed by atoms with Crippen LogP contribution in [0.2, 0.25) is 4.34 Å². The average Bonchev–Trinajstić information content (AvgIpc) is 2.64.